The molecule has 130 valence electrons. The summed E-state index contributed by atoms with van der Waals surface area (Å²) >= 11 is 0. The third-order valence-electron chi connectivity index (χ3n) is 5.31. The Morgan fingerprint density at radius 3 is 2.46 bits per heavy atom. The third-order valence-corrected chi connectivity index (χ3v) is 5.31. The van der Waals surface area contributed by atoms with Crippen molar-refractivity contribution < 1.29 is 9.59 Å². The molecule has 0 spiro atoms. The maximum Gasteiger partial charge on any atom is 0.228 e. The van der Waals surface area contributed by atoms with Crippen LogP contribution in [0.4, 0.5) is 5.69 Å². The normalized spacial score (nSPS) is 24.1. The molecule has 0 bridgehead atoms. The van der Waals surface area contributed by atoms with Gasteiger partial charge in [-0.2, -0.15) is 0 Å². The second kappa shape index (κ2) is 6.55. The van der Waals surface area contributed by atoms with Crippen LogP contribution in [0.15, 0.2) is 12.1 Å². The third kappa shape index (κ3) is 3.05. The topological polar surface area (TPSA) is 66.6 Å². The van der Waals surface area contributed by atoms with Crippen molar-refractivity contribution in [1.29, 1.82) is 0 Å². The fourth-order valence-corrected chi connectivity index (χ4v) is 4.17. The van der Waals surface area contributed by atoms with Crippen molar-refractivity contribution in [2.45, 2.75) is 33.6 Å². The SMILES string of the molecule is Cc1cc(C)c(N2CC(C(=O)N3CCC(CN)C3)CC2=O)c(C)c1. The zero-order valence-electron chi connectivity index (χ0n) is 14.8. The van der Waals surface area contributed by atoms with Crippen molar-refractivity contribution in [2.75, 3.05) is 31.1 Å². The Morgan fingerprint density at radius 2 is 1.88 bits per heavy atom. The molecule has 2 amide bonds. The fraction of sp³-hybridized carbons (Fsp3) is 0.579. The Hall–Kier alpha value is -1.88. The number of nitrogens with zero attached hydrogens (tertiary/aromatic N) is 2. The summed E-state index contributed by atoms with van der Waals surface area (Å²) in [7, 11) is 0. The van der Waals surface area contributed by atoms with Gasteiger partial charge in [0.15, 0.2) is 0 Å². The van der Waals surface area contributed by atoms with E-state index in [0.717, 1.165) is 36.3 Å². The van der Waals surface area contributed by atoms with Crippen LogP contribution >= 0.6 is 0 Å². The van der Waals surface area contributed by atoms with Crippen LogP contribution in [-0.4, -0.2) is 42.9 Å². The Labute approximate surface area is 143 Å². The monoisotopic (exact) mass is 329 g/mol. The van der Waals surface area contributed by atoms with Crippen LogP contribution in [0.5, 0.6) is 0 Å². The van der Waals surface area contributed by atoms with Crippen LogP contribution < -0.4 is 10.6 Å². The first-order valence-electron chi connectivity index (χ1n) is 8.77. The van der Waals surface area contributed by atoms with Gasteiger partial charge in [0.25, 0.3) is 0 Å². The molecule has 1 aromatic carbocycles. The van der Waals surface area contributed by atoms with Gasteiger partial charge in [0.1, 0.15) is 0 Å². The number of benzene rings is 1. The van der Waals surface area contributed by atoms with E-state index in [9.17, 15) is 9.59 Å². The average Bonchev–Trinajstić information content (AvgIpc) is 3.13. The van der Waals surface area contributed by atoms with E-state index in [1.54, 1.807) is 0 Å². The highest BCUT2D eigenvalue weighted by molar-refractivity contribution is 6.01. The molecule has 2 aliphatic rings. The van der Waals surface area contributed by atoms with Crippen molar-refractivity contribution in [3.8, 4) is 0 Å². The minimum Gasteiger partial charge on any atom is -0.342 e. The number of carbonyl (C=O) groups excluding carboxylic acids is 2. The van der Waals surface area contributed by atoms with Crippen LogP contribution in [-0.2, 0) is 9.59 Å². The largest absolute Gasteiger partial charge is 0.342 e. The van der Waals surface area contributed by atoms with E-state index in [2.05, 4.69) is 19.1 Å². The number of likely N-dealkylation sites (tertiary alicyclic amines) is 1. The maximum atomic E-state index is 12.8. The van der Waals surface area contributed by atoms with Gasteiger partial charge in [-0.25, -0.2) is 0 Å². The summed E-state index contributed by atoms with van der Waals surface area (Å²) in [5, 5.41) is 0. The lowest BCUT2D eigenvalue weighted by atomic mass is 10.0. The van der Waals surface area contributed by atoms with Gasteiger partial charge in [0.2, 0.25) is 11.8 Å². The second-order valence-electron chi connectivity index (χ2n) is 7.33. The van der Waals surface area contributed by atoms with Gasteiger partial charge in [-0.15, -0.1) is 0 Å². The van der Waals surface area contributed by atoms with E-state index >= 15 is 0 Å². The molecule has 0 saturated carbocycles. The minimum absolute atomic E-state index is 0.0537. The summed E-state index contributed by atoms with van der Waals surface area (Å²) in [5.74, 6) is 0.347. The van der Waals surface area contributed by atoms with Gasteiger partial charge in [-0.1, -0.05) is 17.7 Å². The van der Waals surface area contributed by atoms with Crippen molar-refractivity contribution in [3.05, 3.63) is 28.8 Å². The van der Waals surface area contributed by atoms with Crippen LogP contribution in [0.3, 0.4) is 0 Å². The molecular weight excluding hydrogens is 302 g/mol. The van der Waals surface area contributed by atoms with E-state index in [4.69, 9.17) is 5.73 Å². The highest BCUT2D eigenvalue weighted by atomic mass is 16.2. The number of anilines is 1. The second-order valence-corrected chi connectivity index (χ2v) is 7.33. The highest BCUT2D eigenvalue weighted by Gasteiger charge is 2.39. The molecule has 2 unspecified atom stereocenters. The van der Waals surface area contributed by atoms with E-state index in [-0.39, 0.29) is 17.7 Å². The first-order valence-corrected chi connectivity index (χ1v) is 8.77. The van der Waals surface area contributed by atoms with Crippen molar-refractivity contribution in [3.63, 3.8) is 0 Å². The number of nitrogens with two attached hydrogens (primary N) is 1. The molecule has 2 N–H and O–H groups in total. The zero-order valence-corrected chi connectivity index (χ0v) is 14.8. The van der Waals surface area contributed by atoms with Crippen LogP contribution in [0.1, 0.15) is 29.5 Å². The smallest absolute Gasteiger partial charge is 0.228 e. The first-order chi connectivity index (χ1) is 11.4. The van der Waals surface area contributed by atoms with Gasteiger partial charge in [0.05, 0.1) is 5.92 Å². The van der Waals surface area contributed by atoms with Crippen LogP contribution in [0.25, 0.3) is 0 Å². The lowest BCUT2D eigenvalue weighted by molar-refractivity contribution is -0.134. The quantitative estimate of drug-likeness (QED) is 0.919. The van der Waals surface area contributed by atoms with Gasteiger partial charge in [-0.05, 0) is 50.8 Å². The molecule has 2 saturated heterocycles. The molecule has 1 aromatic rings. The number of rotatable bonds is 3. The van der Waals surface area contributed by atoms with Gasteiger partial charge in [-0.3, -0.25) is 9.59 Å². The molecule has 3 rings (SSSR count). The standard InChI is InChI=1S/C19H27N3O2/c1-12-6-13(2)18(14(3)7-12)22-11-16(8-17(22)23)19(24)21-5-4-15(9-20)10-21/h6-7,15-16H,4-5,8-11,20H2,1-3H3. The van der Waals surface area contributed by atoms with Crippen LogP contribution in [0, 0.1) is 32.6 Å². The Morgan fingerprint density at radius 1 is 1.21 bits per heavy atom. The predicted molar refractivity (Wildman–Crippen MR) is 94.9 cm³/mol. The number of hydrogen-bond donors (Lipinski definition) is 1. The number of amides is 2. The van der Waals surface area contributed by atoms with Crippen molar-refractivity contribution in [1.82, 2.24) is 4.90 Å². The summed E-state index contributed by atoms with van der Waals surface area (Å²) in [5.41, 5.74) is 10.1. The summed E-state index contributed by atoms with van der Waals surface area (Å²) in [4.78, 5) is 29.0. The molecule has 0 aromatic heterocycles. The molecule has 2 atom stereocenters. The molecule has 5 heteroatoms. The average molecular weight is 329 g/mol. The van der Waals surface area contributed by atoms with Crippen molar-refractivity contribution in [2.24, 2.45) is 17.6 Å². The lowest BCUT2D eigenvalue weighted by Crippen LogP contribution is -2.36. The minimum atomic E-state index is -0.228. The Balaban J connectivity index is 1.76. The molecule has 5 nitrogen and oxygen atoms in total. The van der Waals surface area contributed by atoms with Crippen molar-refractivity contribution >= 4 is 17.5 Å². The van der Waals surface area contributed by atoms with E-state index in [1.807, 2.05) is 23.6 Å². The first kappa shape index (κ1) is 17.0. The van der Waals surface area contributed by atoms with Gasteiger partial charge >= 0.3 is 0 Å². The maximum absolute atomic E-state index is 12.8. The van der Waals surface area contributed by atoms with E-state index in [0.29, 0.717) is 25.4 Å². The molecule has 2 aliphatic heterocycles. The molecule has 2 heterocycles. The number of carbonyl (C=O) groups is 2. The van der Waals surface area contributed by atoms with Crippen LogP contribution in [0.2, 0.25) is 0 Å². The summed E-state index contributed by atoms with van der Waals surface area (Å²) in [6.45, 7) is 8.75. The lowest BCUT2D eigenvalue weighted by Gasteiger charge is -2.23. The molecular formula is C19H27N3O2. The van der Waals surface area contributed by atoms with E-state index in [1.165, 1.54) is 5.56 Å². The molecule has 0 radical (unpaired) electrons. The zero-order chi connectivity index (χ0) is 17.4. The molecule has 0 aliphatic carbocycles. The summed E-state index contributed by atoms with van der Waals surface area (Å²) in [6.07, 6.45) is 1.29. The van der Waals surface area contributed by atoms with Gasteiger partial charge < -0.3 is 15.5 Å². The Bertz CT molecular complexity index is 648. The molecule has 2 fully saturated rings. The fourth-order valence-electron chi connectivity index (χ4n) is 4.17. The summed E-state index contributed by atoms with van der Waals surface area (Å²) in [6, 6.07) is 4.19. The Kier molecular flexibility index (Phi) is 4.63. The number of hydrogen-bond acceptors (Lipinski definition) is 3. The summed E-state index contributed by atoms with van der Waals surface area (Å²) < 4.78 is 0. The van der Waals surface area contributed by atoms with E-state index < -0.39 is 0 Å². The van der Waals surface area contributed by atoms with Gasteiger partial charge in [0, 0.05) is 31.7 Å². The molecule has 24 heavy (non-hydrogen) atoms. The predicted octanol–water partition coefficient (Wildman–Crippen LogP) is 1.77. The number of aryl methyl sites for hydroxylation is 3. The highest BCUT2D eigenvalue weighted by Crippen LogP contribution is 2.33.